The number of urea groups is 1. The molecule has 0 bridgehead atoms. The van der Waals surface area contributed by atoms with Crippen molar-refractivity contribution in [1.29, 1.82) is 0 Å². The normalized spacial score (nSPS) is 22.1. The summed E-state index contributed by atoms with van der Waals surface area (Å²) in [6.45, 7) is 6.81. The summed E-state index contributed by atoms with van der Waals surface area (Å²) in [6, 6.07) is 26.9. The number of nitrogens with one attached hydrogen (secondary N) is 2. The maximum absolute atomic E-state index is 12.7. The second-order valence-electron chi connectivity index (χ2n) is 11.6. The van der Waals surface area contributed by atoms with Crippen LogP contribution in [0.1, 0.15) is 41.6 Å². The molecule has 4 atom stereocenters. The van der Waals surface area contributed by atoms with E-state index in [2.05, 4.69) is 37.3 Å². The minimum atomic E-state index is -0.623. The van der Waals surface area contributed by atoms with Gasteiger partial charge in [-0.25, -0.2) is 14.8 Å². The largest absolute Gasteiger partial charge is 0.392 e. The SMILES string of the molecule is C[C@H]1[C@@H](CN2CCN(c3ncccn3)CC2)O[C@@H](c2cccc(NC(=O)NCc3ccccc3)c2)O[C@H]1c1ccc(CO)cc1. The highest BCUT2D eigenvalue weighted by Gasteiger charge is 2.39. The number of rotatable bonds is 9. The van der Waals surface area contributed by atoms with E-state index in [4.69, 9.17) is 9.47 Å². The summed E-state index contributed by atoms with van der Waals surface area (Å²) < 4.78 is 13.3. The molecule has 10 heteroatoms. The number of aromatic nitrogens is 2. The molecular formula is C35H40N6O4. The molecule has 10 nitrogen and oxygen atoms in total. The maximum Gasteiger partial charge on any atom is 0.319 e. The highest BCUT2D eigenvalue weighted by molar-refractivity contribution is 5.89. The molecule has 0 radical (unpaired) electrons. The van der Waals surface area contributed by atoms with E-state index in [0.29, 0.717) is 12.2 Å². The Morgan fingerprint density at radius 2 is 1.62 bits per heavy atom. The van der Waals surface area contributed by atoms with Gasteiger partial charge < -0.3 is 30.1 Å². The van der Waals surface area contributed by atoms with Crippen molar-refractivity contribution in [3.05, 3.63) is 120 Å². The van der Waals surface area contributed by atoms with Gasteiger partial charge in [-0.05, 0) is 34.9 Å². The van der Waals surface area contributed by atoms with Crippen molar-refractivity contribution in [1.82, 2.24) is 20.2 Å². The number of aliphatic hydroxyl groups is 1. The van der Waals surface area contributed by atoms with Gasteiger partial charge in [0.2, 0.25) is 5.95 Å². The summed E-state index contributed by atoms with van der Waals surface area (Å²) in [6.07, 6.45) is 2.62. The smallest absolute Gasteiger partial charge is 0.319 e. The van der Waals surface area contributed by atoms with E-state index in [1.165, 1.54) is 0 Å². The van der Waals surface area contributed by atoms with Crippen molar-refractivity contribution < 1.29 is 19.4 Å². The maximum atomic E-state index is 12.7. The molecule has 2 saturated heterocycles. The van der Waals surface area contributed by atoms with Crippen LogP contribution >= 0.6 is 0 Å². The fourth-order valence-electron chi connectivity index (χ4n) is 5.88. The quantitative estimate of drug-likeness (QED) is 0.246. The molecule has 3 aromatic carbocycles. The highest BCUT2D eigenvalue weighted by atomic mass is 16.7. The van der Waals surface area contributed by atoms with Crippen LogP contribution < -0.4 is 15.5 Å². The van der Waals surface area contributed by atoms with Gasteiger partial charge >= 0.3 is 6.03 Å². The Morgan fingerprint density at radius 3 is 2.36 bits per heavy atom. The number of carbonyl (C=O) groups is 1. The van der Waals surface area contributed by atoms with Crippen LogP contribution in [0.15, 0.2) is 97.3 Å². The highest BCUT2D eigenvalue weighted by Crippen LogP contribution is 2.42. The zero-order chi connectivity index (χ0) is 31.0. The Hall–Kier alpha value is -4.35. The third-order valence-electron chi connectivity index (χ3n) is 8.48. The Kier molecular flexibility index (Phi) is 9.96. The van der Waals surface area contributed by atoms with Crippen molar-refractivity contribution in [3.8, 4) is 0 Å². The molecule has 0 unspecified atom stereocenters. The van der Waals surface area contributed by atoms with Crippen LogP contribution in [0.25, 0.3) is 0 Å². The van der Waals surface area contributed by atoms with E-state index in [-0.39, 0.29) is 30.8 Å². The van der Waals surface area contributed by atoms with Gasteiger partial charge in [0.05, 0.1) is 18.8 Å². The minimum Gasteiger partial charge on any atom is -0.392 e. The summed E-state index contributed by atoms with van der Waals surface area (Å²) in [5.41, 5.74) is 4.41. The molecule has 45 heavy (non-hydrogen) atoms. The molecule has 4 aromatic rings. The molecule has 2 fully saturated rings. The predicted octanol–water partition coefficient (Wildman–Crippen LogP) is 4.90. The summed E-state index contributed by atoms with van der Waals surface area (Å²) in [4.78, 5) is 26.1. The third kappa shape index (κ3) is 7.84. The summed E-state index contributed by atoms with van der Waals surface area (Å²) >= 11 is 0. The lowest BCUT2D eigenvalue weighted by Gasteiger charge is -2.44. The molecular weight excluding hydrogens is 568 g/mol. The lowest BCUT2D eigenvalue weighted by molar-refractivity contribution is -0.276. The number of piperazine rings is 1. The number of hydrogen-bond acceptors (Lipinski definition) is 8. The number of amides is 2. The summed E-state index contributed by atoms with van der Waals surface area (Å²) in [5, 5.41) is 15.4. The van der Waals surface area contributed by atoms with E-state index in [9.17, 15) is 9.90 Å². The predicted molar refractivity (Wildman–Crippen MR) is 172 cm³/mol. The number of nitrogens with zero attached hydrogens (tertiary/aromatic N) is 4. The number of benzene rings is 3. The average Bonchev–Trinajstić information content (AvgIpc) is 3.09. The number of carbonyl (C=O) groups excluding carboxylic acids is 1. The molecule has 1 aromatic heterocycles. The minimum absolute atomic E-state index is 0.00552. The third-order valence-corrected chi connectivity index (χ3v) is 8.48. The first kappa shape index (κ1) is 30.7. The first-order chi connectivity index (χ1) is 22.1. The fraction of sp³-hybridized carbons (Fsp3) is 0.343. The monoisotopic (exact) mass is 608 g/mol. The number of aliphatic hydroxyl groups excluding tert-OH is 1. The van der Waals surface area contributed by atoms with Gasteiger partial charge in [0.25, 0.3) is 0 Å². The number of hydrogen-bond donors (Lipinski definition) is 3. The second kappa shape index (κ2) is 14.6. The molecule has 0 aliphatic carbocycles. The second-order valence-corrected chi connectivity index (χ2v) is 11.6. The van der Waals surface area contributed by atoms with Crippen molar-refractivity contribution >= 4 is 17.7 Å². The molecule has 3 heterocycles. The molecule has 2 amide bonds. The van der Waals surface area contributed by atoms with Gasteiger partial charge in [-0.3, -0.25) is 4.90 Å². The van der Waals surface area contributed by atoms with Crippen LogP contribution in [0.5, 0.6) is 0 Å². The molecule has 2 aliphatic heterocycles. The van der Waals surface area contributed by atoms with E-state index in [0.717, 1.165) is 60.9 Å². The van der Waals surface area contributed by atoms with E-state index in [1.54, 1.807) is 12.4 Å². The van der Waals surface area contributed by atoms with Gasteiger partial charge in [0.1, 0.15) is 0 Å². The van der Waals surface area contributed by atoms with Crippen LogP contribution in [0, 0.1) is 5.92 Å². The molecule has 0 spiro atoms. The standard InChI is InChI=1S/C35H40N6O4/c1-25-31(23-40-17-19-41(20-18-40)34-36-15-6-16-37-34)44-33(45-32(25)28-13-11-27(24-42)12-14-28)29-9-5-10-30(21-29)39-35(43)38-22-26-7-3-2-4-8-26/h2-16,21,25,31-33,42H,17-20,22-24H2,1H3,(H2,38,39,43)/t25-,31+,32+,33+/m0/s1. The molecule has 3 N–H and O–H groups in total. The molecule has 2 aliphatic rings. The van der Waals surface area contributed by atoms with Gasteiger partial charge in [0, 0.05) is 68.8 Å². The van der Waals surface area contributed by atoms with Crippen molar-refractivity contribution in [2.45, 2.75) is 38.6 Å². The zero-order valence-corrected chi connectivity index (χ0v) is 25.5. The van der Waals surface area contributed by atoms with E-state index in [1.807, 2.05) is 84.9 Å². The van der Waals surface area contributed by atoms with Crippen LogP contribution in [-0.4, -0.2) is 64.8 Å². The van der Waals surface area contributed by atoms with Crippen molar-refractivity contribution in [2.24, 2.45) is 5.92 Å². The lowest BCUT2D eigenvalue weighted by Crippen LogP contribution is -2.51. The average molecular weight is 609 g/mol. The Bertz CT molecular complexity index is 1520. The number of ether oxygens (including phenoxy) is 2. The fourth-order valence-corrected chi connectivity index (χ4v) is 5.88. The Morgan fingerprint density at radius 1 is 0.867 bits per heavy atom. The van der Waals surface area contributed by atoms with Crippen LogP contribution in [0.3, 0.4) is 0 Å². The van der Waals surface area contributed by atoms with Gasteiger partial charge in [-0.15, -0.1) is 0 Å². The van der Waals surface area contributed by atoms with Crippen molar-refractivity contribution in [3.63, 3.8) is 0 Å². The van der Waals surface area contributed by atoms with Crippen LogP contribution in [-0.2, 0) is 22.6 Å². The van der Waals surface area contributed by atoms with Crippen LogP contribution in [0.4, 0.5) is 16.4 Å². The Balaban J connectivity index is 1.15. The number of anilines is 2. The van der Waals surface area contributed by atoms with Crippen LogP contribution in [0.2, 0.25) is 0 Å². The molecule has 0 saturated carbocycles. The summed E-state index contributed by atoms with van der Waals surface area (Å²) in [5.74, 6) is 0.836. The molecule has 6 rings (SSSR count). The molecule has 234 valence electrons. The Labute approximate surface area is 264 Å². The van der Waals surface area contributed by atoms with Gasteiger partial charge in [0.15, 0.2) is 6.29 Å². The van der Waals surface area contributed by atoms with Gasteiger partial charge in [-0.2, -0.15) is 0 Å². The van der Waals surface area contributed by atoms with E-state index < -0.39 is 6.29 Å². The van der Waals surface area contributed by atoms with Crippen molar-refractivity contribution in [2.75, 3.05) is 42.9 Å². The lowest BCUT2D eigenvalue weighted by atomic mass is 9.90. The zero-order valence-electron chi connectivity index (χ0n) is 25.5. The first-order valence-corrected chi connectivity index (χ1v) is 15.5. The first-order valence-electron chi connectivity index (χ1n) is 15.5. The summed E-state index contributed by atoms with van der Waals surface area (Å²) in [7, 11) is 0. The van der Waals surface area contributed by atoms with Gasteiger partial charge in [-0.1, -0.05) is 73.7 Å². The topological polar surface area (TPSA) is 112 Å². The van der Waals surface area contributed by atoms with E-state index >= 15 is 0 Å².